The van der Waals surface area contributed by atoms with Crippen molar-refractivity contribution in [1.29, 1.82) is 0 Å². The van der Waals surface area contributed by atoms with Crippen LogP contribution in [0.3, 0.4) is 0 Å². The van der Waals surface area contributed by atoms with E-state index >= 15 is 0 Å². The number of halogens is 5. The van der Waals surface area contributed by atoms with Crippen molar-refractivity contribution in [3.8, 4) is 0 Å². The molecule has 0 radical (unpaired) electrons. The Bertz CT molecular complexity index is 841. The van der Waals surface area contributed by atoms with Crippen molar-refractivity contribution in [2.75, 3.05) is 13.1 Å². The van der Waals surface area contributed by atoms with Crippen molar-refractivity contribution < 1.29 is 22.3 Å². The fourth-order valence-electron chi connectivity index (χ4n) is 3.28. The average molecular weight is 460 g/mol. The number of ether oxygens (including phenoxy) is 1. The van der Waals surface area contributed by atoms with Crippen LogP contribution in [0, 0.1) is 5.82 Å². The molecule has 1 heterocycles. The molecule has 2 aromatic carbocycles. The van der Waals surface area contributed by atoms with Gasteiger partial charge in [-0.3, -0.25) is 4.90 Å². The maximum atomic E-state index is 14.7. The largest absolute Gasteiger partial charge is 0.416 e. The number of hydrogen-bond acceptors (Lipinski definition) is 2. The summed E-state index contributed by atoms with van der Waals surface area (Å²) >= 11 is 3.19. The standard InChI is InChI=1S/C21H22BrF4NO/c1-20(2,3)27-11-14(12-27)28-19(16-9-8-13(22)10-18(16)23)15-6-4-5-7-17(15)21(24,25)26/h4-10,14,19H,11-12H2,1-3H3. The van der Waals surface area contributed by atoms with Gasteiger partial charge in [-0.15, -0.1) is 0 Å². The summed E-state index contributed by atoms with van der Waals surface area (Å²) in [4.78, 5) is 2.17. The quantitative estimate of drug-likeness (QED) is 0.505. The zero-order chi connectivity index (χ0) is 20.7. The molecule has 1 saturated heterocycles. The zero-order valence-electron chi connectivity index (χ0n) is 15.9. The molecule has 0 spiro atoms. The monoisotopic (exact) mass is 459 g/mol. The van der Waals surface area contributed by atoms with Gasteiger partial charge in [0.2, 0.25) is 0 Å². The van der Waals surface area contributed by atoms with Crippen LogP contribution in [0.15, 0.2) is 46.9 Å². The Morgan fingerprint density at radius 2 is 1.68 bits per heavy atom. The minimum atomic E-state index is -4.55. The second kappa shape index (κ2) is 7.76. The van der Waals surface area contributed by atoms with Gasteiger partial charge in [0.15, 0.2) is 0 Å². The van der Waals surface area contributed by atoms with E-state index in [1.807, 2.05) is 0 Å². The van der Waals surface area contributed by atoms with E-state index in [1.54, 1.807) is 6.07 Å². The first-order chi connectivity index (χ1) is 13.0. The highest BCUT2D eigenvalue weighted by Crippen LogP contribution is 2.40. The predicted octanol–water partition coefficient (Wildman–Crippen LogP) is 6.20. The van der Waals surface area contributed by atoms with Gasteiger partial charge in [-0.2, -0.15) is 13.2 Å². The molecule has 0 N–H and O–H groups in total. The van der Waals surface area contributed by atoms with E-state index < -0.39 is 23.7 Å². The Morgan fingerprint density at radius 1 is 1.04 bits per heavy atom. The zero-order valence-corrected chi connectivity index (χ0v) is 17.4. The summed E-state index contributed by atoms with van der Waals surface area (Å²) in [5, 5.41) is 0. The minimum Gasteiger partial charge on any atom is -0.363 e. The van der Waals surface area contributed by atoms with Gasteiger partial charge in [0.05, 0.1) is 11.7 Å². The van der Waals surface area contributed by atoms with Crippen molar-refractivity contribution in [2.45, 2.75) is 44.7 Å². The summed E-state index contributed by atoms with van der Waals surface area (Å²) in [6.07, 6.45) is -5.97. The summed E-state index contributed by atoms with van der Waals surface area (Å²) in [5.74, 6) is -0.608. The highest BCUT2D eigenvalue weighted by atomic mass is 79.9. The first-order valence-electron chi connectivity index (χ1n) is 8.98. The van der Waals surface area contributed by atoms with E-state index in [0.717, 1.165) is 6.07 Å². The van der Waals surface area contributed by atoms with Crippen LogP contribution in [0.4, 0.5) is 17.6 Å². The molecule has 28 heavy (non-hydrogen) atoms. The third-order valence-corrected chi connectivity index (χ3v) is 5.41. The number of rotatable bonds is 4. The summed E-state index contributed by atoms with van der Waals surface area (Å²) in [6, 6.07) is 9.51. The van der Waals surface area contributed by atoms with Gasteiger partial charge in [-0.25, -0.2) is 4.39 Å². The van der Waals surface area contributed by atoms with Crippen LogP contribution in [0.1, 0.15) is 43.6 Å². The van der Waals surface area contributed by atoms with Gasteiger partial charge in [-0.05, 0) is 44.5 Å². The average Bonchev–Trinajstić information content (AvgIpc) is 2.53. The molecular formula is C21H22BrF4NO. The van der Waals surface area contributed by atoms with Gasteiger partial charge < -0.3 is 4.74 Å². The Morgan fingerprint density at radius 3 is 2.25 bits per heavy atom. The fourth-order valence-corrected chi connectivity index (χ4v) is 3.61. The van der Waals surface area contributed by atoms with Gasteiger partial charge >= 0.3 is 6.18 Å². The first-order valence-corrected chi connectivity index (χ1v) is 9.77. The van der Waals surface area contributed by atoms with E-state index in [2.05, 4.69) is 41.6 Å². The third-order valence-electron chi connectivity index (χ3n) is 4.92. The molecule has 2 nitrogen and oxygen atoms in total. The van der Waals surface area contributed by atoms with Gasteiger partial charge in [-0.1, -0.05) is 40.2 Å². The second-order valence-corrected chi connectivity index (χ2v) is 8.88. The molecule has 0 aliphatic carbocycles. The lowest BCUT2D eigenvalue weighted by molar-refractivity contribution is -0.142. The van der Waals surface area contributed by atoms with Crippen molar-refractivity contribution in [3.05, 3.63) is 69.4 Å². The number of alkyl halides is 3. The minimum absolute atomic E-state index is 0.0535. The number of benzene rings is 2. The number of likely N-dealkylation sites (tertiary alicyclic amines) is 1. The Kier molecular flexibility index (Phi) is 5.90. The Balaban J connectivity index is 1.97. The van der Waals surface area contributed by atoms with Crippen molar-refractivity contribution in [1.82, 2.24) is 4.90 Å². The molecule has 1 atom stereocenters. The lowest BCUT2D eigenvalue weighted by atomic mass is 9.94. The first kappa shape index (κ1) is 21.3. The molecule has 0 saturated carbocycles. The molecular weight excluding hydrogens is 438 g/mol. The van der Waals surface area contributed by atoms with Crippen LogP contribution in [-0.4, -0.2) is 29.6 Å². The van der Waals surface area contributed by atoms with Gasteiger partial charge in [0.1, 0.15) is 11.9 Å². The highest BCUT2D eigenvalue weighted by Gasteiger charge is 2.40. The van der Waals surface area contributed by atoms with Crippen molar-refractivity contribution in [3.63, 3.8) is 0 Å². The molecule has 1 aliphatic rings. The van der Waals surface area contributed by atoms with Gasteiger partial charge in [0, 0.05) is 28.7 Å². The van der Waals surface area contributed by atoms with E-state index in [-0.39, 0.29) is 22.8 Å². The molecule has 1 aliphatic heterocycles. The van der Waals surface area contributed by atoms with E-state index in [0.29, 0.717) is 17.6 Å². The van der Waals surface area contributed by atoms with E-state index in [9.17, 15) is 17.6 Å². The Hall–Kier alpha value is -1.44. The smallest absolute Gasteiger partial charge is 0.363 e. The molecule has 0 amide bonds. The van der Waals surface area contributed by atoms with Crippen LogP contribution < -0.4 is 0 Å². The SMILES string of the molecule is CC(C)(C)N1CC(OC(c2ccc(Br)cc2F)c2ccccc2C(F)(F)F)C1. The van der Waals surface area contributed by atoms with E-state index in [1.165, 1.54) is 30.3 Å². The van der Waals surface area contributed by atoms with Crippen LogP contribution >= 0.6 is 15.9 Å². The van der Waals surface area contributed by atoms with Crippen molar-refractivity contribution >= 4 is 15.9 Å². The summed E-state index contributed by atoms with van der Waals surface area (Å²) in [5.41, 5.74) is -0.851. The molecule has 1 unspecified atom stereocenters. The molecule has 2 aromatic rings. The molecule has 7 heteroatoms. The highest BCUT2D eigenvalue weighted by molar-refractivity contribution is 9.10. The summed E-state index contributed by atoms with van der Waals surface area (Å²) in [6.45, 7) is 7.37. The normalized spacial score (nSPS) is 17.4. The van der Waals surface area contributed by atoms with E-state index in [4.69, 9.17) is 4.74 Å². The third kappa shape index (κ3) is 4.58. The molecule has 0 bridgehead atoms. The summed E-state index contributed by atoms with van der Waals surface area (Å²) in [7, 11) is 0. The number of nitrogens with zero attached hydrogens (tertiary/aromatic N) is 1. The van der Waals surface area contributed by atoms with Crippen LogP contribution in [0.25, 0.3) is 0 Å². The molecule has 0 aromatic heterocycles. The van der Waals surface area contributed by atoms with Crippen LogP contribution in [0.2, 0.25) is 0 Å². The maximum Gasteiger partial charge on any atom is 0.416 e. The fraction of sp³-hybridized carbons (Fsp3) is 0.429. The second-order valence-electron chi connectivity index (χ2n) is 7.96. The predicted molar refractivity (Wildman–Crippen MR) is 104 cm³/mol. The topological polar surface area (TPSA) is 12.5 Å². The molecule has 1 fully saturated rings. The van der Waals surface area contributed by atoms with Crippen molar-refractivity contribution in [2.24, 2.45) is 0 Å². The lowest BCUT2D eigenvalue weighted by Crippen LogP contribution is -2.59. The Labute approximate surface area is 170 Å². The van der Waals surface area contributed by atoms with Gasteiger partial charge in [0.25, 0.3) is 0 Å². The van der Waals surface area contributed by atoms with Crippen LogP contribution in [-0.2, 0) is 10.9 Å². The molecule has 152 valence electrons. The van der Waals surface area contributed by atoms with Crippen LogP contribution in [0.5, 0.6) is 0 Å². The summed E-state index contributed by atoms with van der Waals surface area (Å²) < 4.78 is 61.9. The number of hydrogen-bond donors (Lipinski definition) is 0. The maximum absolute atomic E-state index is 14.7. The lowest BCUT2D eigenvalue weighted by Gasteiger charge is -2.48. The molecule has 3 rings (SSSR count).